The first-order valence-electron chi connectivity index (χ1n) is 5.55. The van der Waals surface area contributed by atoms with Gasteiger partial charge in [0.1, 0.15) is 0 Å². The van der Waals surface area contributed by atoms with Crippen molar-refractivity contribution in [2.75, 3.05) is 0 Å². The maximum absolute atomic E-state index is 4.66. The molecule has 0 saturated heterocycles. The summed E-state index contributed by atoms with van der Waals surface area (Å²) < 4.78 is 0. The molecule has 0 aromatic carbocycles. The molecule has 2 atom stereocenters. The second-order valence-electron chi connectivity index (χ2n) is 5.20. The van der Waals surface area contributed by atoms with Crippen molar-refractivity contribution in [3.05, 3.63) is 16.1 Å². The number of halogens is 1. The summed E-state index contributed by atoms with van der Waals surface area (Å²) in [6.07, 6.45) is 3.83. The standard InChI is InChI=1S/C12H18BrNS/c1-8-14-11(7-15-8)10-6-9(13)4-5-12(10,2)3/h7,9-10H,4-6H2,1-3H3. The Kier molecular flexibility index (Phi) is 3.22. The summed E-state index contributed by atoms with van der Waals surface area (Å²) in [5.74, 6) is 0.626. The lowest BCUT2D eigenvalue weighted by Crippen LogP contribution is -2.30. The fourth-order valence-electron chi connectivity index (χ4n) is 2.46. The van der Waals surface area contributed by atoms with Crippen molar-refractivity contribution in [1.29, 1.82) is 0 Å². The molecule has 0 bridgehead atoms. The summed E-state index contributed by atoms with van der Waals surface area (Å²) in [5.41, 5.74) is 1.72. The molecular weight excluding hydrogens is 270 g/mol. The van der Waals surface area contributed by atoms with Crippen LogP contribution in [0.3, 0.4) is 0 Å². The molecule has 1 nitrogen and oxygen atoms in total. The number of rotatable bonds is 1. The molecule has 1 aliphatic carbocycles. The molecule has 15 heavy (non-hydrogen) atoms. The summed E-state index contributed by atoms with van der Waals surface area (Å²) in [6, 6.07) is 0. The molecule has 1 saturated carbocycles. The zero-order chi connectivity index (χ0) is 11.1. The van der Waals surface area contributed by atoms with Crippen LogP contribution < -0.4 is 0 Å². The highest BCUT2D eigenvalue weighted by atomic mass is 79.9. The van der Waals surface area contributed by atoms with Crippen molar-refractivity contribution >= 4 is 27.3 Å². The highest BCUT2D eigenvalue weighted by Gasteiger charge is 2.37. The molecule has 0 aliphatic heterocycles. The van der Waals surface area contributed by atoms with Crippen molar-refractivity contribution in [2.24, 2.45) is 5.41 Å². The van der Waals surface area contributed by atoms with Crippen molar-refractivity contribution in [1.82, 2.24) is 4.98 Å². The molecule has 1 aromatic rings. The topological polar surface area (TPSA) is 12.9 Å². The number of aryl methyl sites for hydroxylation is 1. The fraction of sp³-hybridized carbons (Fsp3) is 0.750. The Morgan fingerprint density at radius 3 is 2.87 bits per heavy atom. The van der Waals surface area contributed by atoms with Gasteiger partial charge in [0.05, 0.1) is 10.7 Å². The normalized spacial score (nSPS) is 30.4. The van der Waals surface area contributed by atoms with E-state index in [1.165, 1.54) is 30.0 Å². The van der Waals surface area contributed by atoms with Gasteiger partial charge in [-0.1, -0.05) is 29.8 Å². The second-order valence-corrected chi connectivity index (χ2v) is 7.56. The van der Waals surface area contributed by atoms with Gasteiger partial charge in [0.25, 0.3) is 0 Å². The summed E-state index contributed by atoms with van der Waals surface area (Å²) >= 11 is 5.53. The fourth-order valence-corrected chi connectivity index (χ4v) is 3.73. The van der Waals surface area contributed by atoms with Crippen LogP contribution in [-0.2, 0) is 0 Å². The largest absolute Gasteiger partial charge is 0.246 e. The minimum absolute atomic E-state index is 0.408. The maximum Gasteiger partial charge on any atom is 0.0897 e. The summed E-state index contributed by atoms with van der Waals surface area (Å²) in [6.45, 7) is 6.85. The average molecular weight is 288 g/mol. The van der Waals surface area contributed by atoms with E-state index in [1.807, 2.05) is 0 Å². The molecule has 1 heterocycles. The van der Waals surface area contributed by atoms with Gasteiger partial charge >= 0.3 is 0 Å². The number of aromatic nitrogens is 1. The predicted molar refractivity (Wildman–Crippen MR) is 69.9 cm³/mol. The van der Waals surface area contributed by atoms with Gasteiger partial charge in [0, 0.05) is 16.1 Å². The first-order chi connectivity index (χ1) is 6.99. The molecule has 0 N–H and O–H groups in total. The molecule has 1 aliphatic rings. The third-order valence-electron chi connectivity index (χ3n) is 3.53. The van der Waals surface area contributed by atoms with E-state index in [9.17, 15) is 0 Å². The lowest BCUT2D eigenvalue weighted by molar-refractivity contribution is 0.202. The van der Waals surface area contributed by atoms with Crippen LogP contribution in [-0.4, -0.2) is 9.81 Å². The molecule has 3 heteroatoms. The van der Waals surface area contributed by atoms with Crippen LogP contribution in [0, 0.1) is 12.3 Å². The van der Waals surface area contributed by atoms with E-state index >= 15 is 0 Å². The quantitative estimate of drug-likeness (QED) is 0.693. The van der Waals surface area contributed by atoms with E-state index in [0.717, 1.165) is 0 Å². The van der Waals surface area contributed by atoms with Crippen molar-refractivity contribution in [3.63, 3.8) is 0 Å². The second kappa shape index (κ2) is 4.17. The van der Waals surface area contributed by atoms with Crippen LogP contribution in [0.1, 0.15) is 49.7 Å². The lowest BCUT2D eigenvalue weighted by Gasteiger charge is -2.39. The zero-order valence-electron chi connectivity index (χ0n) is 9.59. The average Bonchev–Trinajstić information content (AvgIpc) is 2.56. The first kappa shape index (κ1) is 11.6. The molecule has 0 amide bonds. The van der Waals surface area contributed by atoms with Gasteiger partial charge in [-0.2, -0.15) is 0 Å². The minimum atomic E-state index is 0.408. The van der Waals surface area contributed by atoms with Gasteiger partial charge in [-0.3, -0.25) is 0 Å². The number of hydrogen-bond donors (Lipinski definition) is 0. The highest BCUT2D eigenvalue weighted by Crippen LogP contribution is 2.48. The molecule has 1 fully saturated rings. The third-order valence-corrected chi connectivity index (χ3v) is 5.15. The summed E-state index contributed by atoms with van der Waals surface area (Å²) in [7, 11) is 0. The Hall–Kier alpha value is 0.110. The molecule has 2 rings (SSSR count). The molecule has 1 aromatic heterocycles. The minimum Gasteiger partial charge on any atom is -0.246 e. The van der Waals surface area contributed by atoms with E-state index < -0.39 is 0 Å². The molecular formula is C12H18BrNS. The molecule has 84 valence electrons. The Morgan fingerprint density at radius 1 is 1.53 bits per heavy atom. The Morgan fingerprint density at radius 2 is 2.27 bits per heavy atom. The van der Waals surface area contributed by atoms with Crippen molar-refractivity contribution in [2.45, 2.75) is 50.8 Å². The van der Waals surface area contributed by atoms with Crippen molar-refractivity contribution in [3.8, 4) is 0 Å². The number of nitrogens with zero attached hydrogens (tertiary/aromatic N) is 1. The van der Waals surface area contributed by atoms with E-state index in [2.05, 4.69) is 47.1 Å². The van der Waals surface area contributed by atoms with Crippen LogP contribution in [0.5, 0.6) is 0 Å². The van der Waals surface area contributed by atoms with Gasteiger partial charge < -0.3 is 0 Å². The van der Waals surface area contributed by atoms with Gasteiger partial charge in [-0.15, -0.1) is 11.3 Å². The molecule has 0 radical (unpaired) electrons. The van der Waals surface area contributed by atoms with Crippen LogP contribution in [0.4, 0.5) is 0 Å². The predicted octanol–water partition coefficient (Wildman–Crippen LogP) is 4.51. The van der Waals surface area contributed by atoms with Crippen LogP contribution in [0.25, 0.3) is 0 Å². The molecule has 0 spiro atoms. The van der Waals surface area contributed by atoms with Gasteiger partial charge in [-0.05, 0) is 31.6 Å². The van der Waals surface area contributed by atoms with Gasteiger partial charge in [0.15, 0.2) is 0 Å². The Balaban J connectivity index is 2.25. The van der Waals surface area contributed by atoms with E-state index in [-0.39, 0.29) is 0 Å². The number of hydrogen-bond acceptors (Lipinski definition) is 2. The van der Waals surface area contributed by atoms with E-state index in [1.54, 1.807) is 11.3 Å². The Bertz CT molecular complexity index is 345. The third kappa shape index (κ3) is 2.44. The smallest absolute Gasteiger partial charge is 0.0897 e. The molecule has 2 unspecified atom stereocenters. The SMILES string of the molecule is Cc1nc(C2CC(Br)CCC2(C)C)cs1. The summed E-state index contributed by atoms with van der Waals surface area (Å²) in [5, 5.41) is 3.43. The van der Waals surface area contributed by atoms with Gasteiger partial charge in [0.2, 0.25) is 0 Å². The van der Waals surface area contributed by atoms with Crippen molar-refractivity contribution < 1.29 is 0 Å². The number of alkyl halides is 1. The van der Waals surface area contributed by atoms with E-state index in [0.29, 0.717) is 16.2 Å². The maximum atomic E-state index is 4.66. The Labute approximate surface area is 104 Å². The first-order valence-corrected chi connectivity index (χ1v) is 7.34. The number of thiazole rings is 1. The lowest BCUT2D eigenvalue weighted by atomic mass is 9.68. The van der Waals surface area contributed by atoms with Crippen LogP contribution in [0.15, 0.2) is 5.38 Å². The van der Waals surface area contributed by atoms with Gasteiger partial charge in [-0.25, -0.2) is 4.98 Å². The zero-order valence-corrected chi connectivity index (χ0v) is 12.0. The summed E-state index contributed by atoms with van der Waals surface area (Å²) in [4.78, 5) is 5.34. The van der Waals surface area contributed by atoms with E-state index in [4.69, 9.17) is 0 Å². The monoisotopic (exact) mass is 287 g/mol. The highest BCUT2D eigenvalue weighted by molar-refractivity contribution is 9.09. The van der Waals surface area contributed by atoms with Crippen LogP contribution >= 0.6 is 27.3 Å². The van der Waals surface area contributed by atoms with Crippen LogP contribution in [0.2, 0.25) is 0 Å².